The highest BCUT2D eigenvalue weighted by Crippen LogP contribution is 2.30. The van der Waals surface area contributed by atoms with E-state index in [1.165, 1.54) is 11.8 Å². The Labute approximate surface area is 202 Å². The van der Waals surface area contributed by atoms with Gasteiger partial charge in [0, 0.05) is 31.2 Å². The van der Waals surface area contributed by atoms with Crippen molar-refractivity contribution in [2.45, 2.75) is 18.8 Å². The molecule has 1 amide bonds. The summed E-state index contributed by atoms with van der Waals surface area (Å²) >= 11 is 7.38. The first kappa shape index (κ1) is 23.4. The number of carbonyl (C=O) groups excluding carboxylic acids is 1. The summed E-state index contributed by atoms with van der Waals surface area (Å²) in [5, 5.41) is 11.8. The molecule has 2 heterocycles. The van der Waals surface area contributed by atoms with Gasteiger partial charge in [-0.25, -0.2) is 0 Å². The monoisotopic (exact) mass is 487 g/mol. The number of benzene rings is 2. The Balaban J connectivity index is 1.30. The number of hydrogen-bond acceptors (Lipinski definition) is 8. The van der Waals surface area contributed by atoms with Crippen LogP contribution in [0, 0.1) is 0 Å². The molecule has 1 aliphatic rings. The molecule has 0 aliphatic carbocycles. The molecule has 1 saturated heterocycles. The predicted molar refractivity (Wildman–Crippen MR) is 130 cm³/mol. The van der Waals surface area contributed by atoms with Crippen LogP contribution in [0.15, 0.2) is 58.2 Å². The van der Waals surface area contributed by atoms with Gasteiger partial charge < -0.3 is 24.3 Å². The smallest absolute Gasteiger partial charge is 0.277 e. The first-order chi connectivity index (χ1) is 16.1. The quantitative estimate of drug-likeness (QED) is 0.450. The molecule has 4 rings (SSSR count). The molecular formula is C23H26ClN5O3S. The summed E-state index contributed by atoms with van der Waals surface area (Å²) in [5.74, 6) is 1.04. The number of nitrogens with one attached hydrogen (secondary N) is 1. The molecule has 1 aliphatic heterocycles. The number of para-hydroxylation sites is 1. The average Bonchev–Trinajstić information content (AvgIpc) is 3.30. The number of hydrogen-bond donors (Lipinski definition) is 1. The van der Waals surface area contributed by atoms with E-state index in [1.807, 2.05) is 42.5 Å². The topological polar surface area (TPSA) is 83.7 Å². The number of piperazine rings is 1. The number of thioether (sulfide) groups is 1. The van der Waals surface area contributed by atoms with Gasteiger partial charge in [0.15, 0.2) is 6.61 Å². The van der Waals surface area contributed by atoms with Crippen LogP contribution in [0.2, 0.25) is 5.02 Å². The van der Waals surface area contributed by atoms with Crippen LogP contribution in [-0.2, 0) is 11.4 Å². The van der Waals surface area contributed by atoms with Gasteiger partial charge in [-0.15, -0.1) is 10.2 Å². The lowest BCUT2D eigenvalue weighted by molar-refractivity contribution is -0.113. The molecule has 0 saturated carbocycles. The number of ether oxygens (including phenoxy) is 1. The van der Waals surface area contributed by atoms with E-state index in [0.717, 1.165) is 44.2 Å². The van der Waals surface area contributed by atoms with Crippen LogP contribution in [-0.4, -0.2) is 59.5 Å². The highest BCUT2D eigenvalue weighted by Gasteiger charge is 2.20. The lowest BCUT2D eigenvalue weighted by Gasteiger charge is -2.36. The highest BCUT2D eigenvalue weighted by atomic mass is 35.5. The molecule has 8 nitrogen and oxygen atoms in total. The van der Waals surface area contributed by atoms with Crippen LogP contribution < -0.4 is 15.0 Å². The van der Waals surface area contributed by atoms with E-state index in [-0.39, 0.29) is 18.3 Å². The summed E-state index contributed by atoms with van der Waals surface area (Å²) in [6.45, 7) is 7.19. The Morgan fingerprint density at radius 3 is 2.70 bits per heavy atom. The van der Waals surface area contributed by atoms with Crippen molar-refractivity contribution >= 4 is 40.6 Å². The molecule has 0 bridgehead atoms. The molecule has 0 atom stereocenters. The zero-order valence-corrected chi connectivity index (χ0v) is 19.9. The third-order valence-electron chi connectivity index (χ3n) is 5.27. The predicted octanol–water partition coefficient (Wildman–Crippen LogP) is 4.17. The normalized spacial score (nSPS) is 14.3. The molecule has 174 valence electrons. The minimum atomic E-state index is -0.170. The van der Waals surface area contributed by atoms with Gasteiger partial charge in [-0.05, 0) is 36.9 Å². The maximum absolute atomic E-state index is 12.6. The van der Waals surface area contributed by atoms with Crippen LogP contribution >= 0.6 is 23.4 Å². The molecule has 1 N–H and O–H groups in total. The summed E-state index contributed by atoms with van der Waals surface area (Å²) in [7, 11) is 0. The summed E-state index contributed by atoms with van der Waals surface area (Å²) in [6.07, 6.45) is 0. The van der Waals surface area contributed by atoms with Crippen molar-refractivity contribution in [1.82, 2.24) is 15.1 Å². The highest BCUT2D eigenvalue weighted by molar-refractivity contribution is 7.99. The lowest BCUT2D eigenvalue weighted by atomic mass is 10.2. The Bertz CT molecular complexity index is 1060. The van der Waals surface area contributed by atoms with Gasteiger partial charge in [-0.3, -0.25) is 4.79 Å². The zero-order valence-electron chi connectivity index (χ0n) is 18.4. The minimum Gasteiger partial charge on any atom is -0.484 e. The maximum atomic E-state index is 12.6. The number of halogens is 1. The Hall–Kier alpha value is -2.75. The Morgan fingerprint density at radius 1 is 1.15 bits per heavy atom. The molecule has 0 radical (unpaired) electrons. The molecular weight excluding hydrogens is 462 g/mol. The van der Waals surface area contributed by atoms with E-state index in [1.54, 1.807) is 6.07 Å². The van der Waals surface area contributed by atoms with Gasteiger partial charge in [-0.2, -0.15) is 0 Å². The first-order valence-corrected chi connectivity index (χ1v) is 12.2. The molecule has 2 aromatic carbocycles. The van der Waals surface area contributed by atoms with Crippen LogP contribution in [0.1, 0.15) is 12.8 Å². The fourth-order valence-corrected chi connectivity index (χ4v) is 4.27. The summed E-state index contributed by atoms with van der Waals surface area (Å²) in [4.78, 5) is 17.3. The van der Waals surface area contributed by atoms with Gasteiger partial charge in [0.2, 0.25) is 5.91 Å². The van der Waals surface area contributed by atoms with Crippen molar-refractivity contribution in [3.8, 4) is 5.75 Å². The fourth-order valence-electron chi connectivity index (χ4n) is 3.52. The standard InChI is InChI=1S/C23H26ClN5O3S/c1-2-28-10-12-29(13-11-28)20-9-8-17(24)14-19(20)25-21(30)16-33-23-27-26-22(32-23)15-31-18-6-4-3-5-7-18/h3-9,14H,2,10-13,15-16H2,1H3,(H,25,30). The molecule has 0 unspecified atom stereocenters. The van der Waals surface area contributed by atoms with Crippen molar-refractivity contribution < 1.29 is 13.9 Å². The van der Waals surface area contributed by atoms with Crippen molar-refractivity contribution in [3.63, 3.8) is 0 Å². The average molecular weight is 488 g/mol. The van der Waals surface area contributed by atoms with Crippen LogP contribution in [0.3, 0.4) is 0 Å². The number of nitrogens with zero attached hydrogens (tertiary/aromatic N) is 4. The van der Waals surface area contributed by atoms with Gasteiger partial charge in [0.25, 0.3) is 11.1 Å². The van der Waals surface area contributed by atoms with Crippen LogP contribution in [0.25, 0.3) is 0 Å². The van der Waals surface area contributed by atoms with E-state index >= 15 is 0 Å². The van der Waals surface area contributed by atoms with Gasteiger partial charge >= 0.3 is 0 Å². The second-order valence-electron chi connectivity index (χ2n) is 7.48. The molecule has 33 heavy (non-hydrogen) atoms. The molecule has 1 fully saturated rings. The van der Waals surface area contributed by atoms with Crippen molar-refractivity contribution in [2.75, 3.05) is 48.7 Å². The number of rotatable bonds is 9. The molecule has 1 aromatic heterocycles. The zero-order chi connectivity index (χ0) is 23.0. The van der Waals surface area contributed by atoms with E-state index < -0.39 is 0 Å². The van der Waals surface area contributed by atoms with E-state index in [2.05, 4.69) is 32.2 Å². The summed E-state index contributed by atoms with van der Waals surface area (Å²) in [6, 6.07) is 15.0. The minimum absolute atomic E-state index is 0.136. The van der Waals surface area contributed by atoms with Gasteiger partial charge in [-0.1, -0.05) is 48.5 Å². The number of carbonyl (C=O) groups is 1. The van der Waals surface area contributed by atoms with Gasteiger partial charge in [0.1, 0.15) is 5.75 Å². The van der Waals surface area contributed by atoms with Crippen molar-refractivity contribution in [1.29, 1.82) is 0 Å². The second kappa shape index (κ2) is 11.4. The third-order valence-corrected chi connectivity index (χ3v) is 6.33. The van der Waals surface area contributed by atoms with E-state index in [0.29, 0.717) is 21.8 Å². The number of anilines is 2. The summed E-state index contributed by atoms with van der Waals surface area (Å²) < 4.78 is 11.2. The lowest BCUT2D eigenvalue weighted by Crippen LogP contribution is -2.46. The van der Waals surface area contributed by atoms with E-state index in [9.17, 15) is 4.79 Å². The molecule has 10 heteroatoms. The Morgan fingerprint density at radius 2 is 1.94 bits per heavy atom. The number of amides is 1. The fraction of sp³-hybridized carbons (Fsp3) is 0.348. The van der Waals surface area contributed by atoms with Crippen LogP contribution in [0.4, 0.5) is 11.4 Å². The third kappa shape index (κ3) is 6.63. The maximum Gasteiger partial charge on any atom is 0.277 e. The number of aromatic nitrogens is 2. The molecule has 0 spiro atoms. The molecule has 3 aromatic rings. The SMILES string of the molecule is CCN1CCN(c2ccc(Cl)cc2NC(=O)CSc2nnc(COc3ccccc3)o2)CC1. The largest absolute Gasteiger partial charge is 0.484 e. The van der Waals surface area contributed by atoms with E-state index in [4.69, 9.17) is 20.8 Å². The van der Waals surface area contributed by atoms with Crippen molar-refractivity contribution in [3.05, 3.63) is 59.4 Å². The Kier molecular flexibility index (Phi) is 8.09. The first-order valence-electron chi connectivity index (χ1n) is 10.8. The van der Waals surface area contributed by atoms with Crippen LogP contribution in [0.5, 0.6) is 5.75 Å². The van der Waals surface area contributed by atoms with Gasteiger partial charge in [0.05, 0.1) is 17.1 Å². The van der Waals surface area contributed by atoms with Crippen molar-refractivity contribution in [2.24, 2.45) is 0 Å². The second-order valence-corrected chi connectivity index (χ2v) is 8.85. The number of likely N-dealkylation sites (N-methyl/N-ethyl adjacent to an activating group) is 1. The summed E-state index contributed by atoms with van der Waals surface area (Å²) in [5.41, 5.74) is 1.69.